The molecular weight excluding hydrogens is 1650 g/mol. The Bertz CT molecular complexity index is 8940. The summed E-state index contributed by atoms with van der Waals surface area (Å²) in [7, 11) is 0. The molecule has 0 aliphatic heterocycles. The molecule has 19 aromatic carbocycles. The highest BCUT2D eigenvalue weighted by atomic mass is 15.0. The number of hydrogen-bond acceptors (Lipinski definition) is 4. The topological polar surface area (TPSA) is 66.3 Å². The van der Waals surface area contributed by atoms with Gasteiger partial charge >= 0.3 is 0 Å². The van der Waals surface area contributed by atoms with Crippen molar-refractivity contribution in [1.82, 2.24) is 33.6 Å². The van der Waals surface area contributed by atoms with Gasteiger partial charge in [0, 0.05) is 94.9 Å². The Balaban J connectivity index is 0.000000109. The lowest BCUT2D eigenvalue weighted by Gasteiger charge is -2.33. The monoisotopic (exact) mass is 1730 g/mol. The van der Waals surface area contributed by atoms with Gasteiger partial charge in [-0.15, -0.1) is 0 Å². The maximum absolute atomic E-state index is 5.23. The fraction of sp³-hybridized carbons (Fsp3) is 0.00775. The van der Waals surface area contributed by atoms with E-state index in [0.717, 1.165) is 112 Å². The zero-order chi connectivity index (χ0) is 90.0. The molecule has 0 spiro atoms. The highest BCUT2D eigenvalue weighted by Crippen LogP contribution is 2.56. The van der Waals surface area contributed by atoms with Crippen molar-refractivity contribution in [1.29, 1.82) is 0 Å². The standard InChI is InChI=1S/C45H29N3.C45H30N2.C39H26N2/c1-3-14-31(15-4-1)45(32-16-5-2-6-17-32)38-22-13-27-46-43(38)44-39(45)28-30(29-47-44)33-25-26-42(35-19-8-7-18-34(33)35)48-40-23-11-9-20-36(40)37-21-10-12-24-41(37)48;1-3-13-31(14-4-1)35-25-26-45-41(28-35)40-22-9-10-24-44(40)47(45)37-20-11-19-34(27-37)36-29-42(33-16-5-2-6-17-33)46-43(30-36)39-23-12-18-32-15-7-8-21-38(32)39;1-3-13-28(14-4-1)35-25-31(26-36(40-35)29-15-5-2-6-16-29)30-17-11-18-32(24-30)41-37-21-10-9-20-34(37)39-33-19-8-7-12-27(33)22-23-38(39)41/h1-29H;1-30H;1-26H. The van der Waals surface area contributed by atoms with Crippen molar-refractivity contribution in [2.45, 2.75) is 5.41 Å². The molecule has 136 heavy (non-hydrogen) atoms. The molecule has 26 aromatic rings. The van der Waals surface area contributed by atoms with Crippen LogP contribution in [0, 0.1) is 0 Å². The molecule has 0 saturated carbocycles. The molecule has 0 bridgehead atoms. The zero-order valence-electron chi connectivity index (χ0n) is 74.2. The quantitative estimate of drug-likeness (QED) is 0.115. The van der Waals surface area contributed by atoms with E-state index in [1.807, 2.05) is 30.6 Å². The van der Waals surface area contributed by atoms with Crippen molar-refractivity contribution >= 4 is 97.7 Å². The molecule has 7 nitrogen and oxygen atoms in total. The van der Waals surface area contributed by atoms with E-state index in [2.05, 4.69) is 499 Å². The van der Waals surface area contributed by atoms with Gasteiger partial charge in [0.1, 0.15) is 0 Å². The van der Waals surface area contributed by atoms with Gasteiger partial charge in [-0.05, 0) is 192 Å². The summed E-state index contributed by atoms with van der Waals surface area (Å²) in [6.07, 6.45) is 3.91. The van der Waals surface area contributed by atoms with Crippen LogP contribution in [0.2, 0.25) is 0 Å². The highest BCUT2D eigenvalue weighted by Gasteiger charge is 2.48. The second kappa shape index (κ2) is 34.0. The molecule has 0 N–H and O–H groups in total. The normalized spacial score (nSPS) is 12.0. The van der Waals surface area contributed by atoms with Crippen LogP contribution in [0.5, 0.6) is 0 Å². The first-order valence-electron chi connectivity index (χ1n) is 46.5. The summed E-state index contributed by atoms with van der Waals surface area (Å²) in [6, 6.07) is 180. The third-order valence-corrected chi connectivity index (χ3v) is 27.3. The molecule has 1 aliphatic rings. The largest absolute Gasteiger partial charge is 0.309 e. The minimum Gasteiger partial charge on any atom is -0.309 e. The van der Waals surface area contributed by atoms with Crippen molar-refractivity contribution in [2.75, 3.05) is 0 Å². The summed E-state index contributed by atoms with van der Waals surface area (Å²) < 4.78 is 7.21. The van der Waals surface area contributed by atoms with Crippen LogP contribution >= 0.6 is 0 Å². The van der Waals surface area contributed by atoms with Gasteiger partial charge in [-0.3, -0.25) is 9.97 Å². The van der Waals surface area contributed by atoms with E-state index >= 15 is 0 Å². The molecule has 0 saturated heterocycles. The number of benzene rings is 19. The van der Waals surface area contributed by atoms with Crippen molar-refractivity contribution in [3.8, 4) is 118 Å². The van der Waals surface area contributed by atoms with E-state index in [0.29, 0.717) is 0 Å². The summed E-state index contributed by atoms with van der Waals surface area (Å²) in [6.45, 7) is 0. The molecule has 0 amide bonds. The first kappa shape index (κ1) is 80.1. The van der Waals surface area contributed by atoms with Gasteiger partial charge in [-0.2, -0.15) is 0 Å². The Kier molecular flexibility index (Phi) is 20.0. The fourth-order valence-corrected chi connectivity index (χ4v) is 21.2. The third kappa shape index (κ3) is 13.9. The smallest absolute Gasteiger partial charge is 0.0937 e. The average molecular weight is 1730 g/mol. The van der Waals surface area contributed by atoms with Crippen molar-refractivity contribution in [3.05, 3.63) is 538 Å². The van der Waals surface area contributed by atoms with Crippen LogP contribution < -0.4 is 0 Å². The maximum atomic E-state index is 5.23. The van der Waals surface area contributed by atoms with Gasteiger partial charge in [0.15, 0.2) is 0 Å². The number of pyridine rings is 4. The van der Waals surface area contributed by atoms with E-state index in [4.69, 9.17) is 19.9 Å². The van der Waals surface area contributed by atoms with Crippen molar-refractivity contribution < 1.29 is 0 Å². The van der Waals surface area contributed by atoms with E-state index in [1.54, 1.807) is 0 Å². The van der Waals surface area contributed by atoms with Gasteiger partial charge in [0.05, 0.1) is 78.4 Å². The van der Waals surface area contributed by atoms with Crippen LogP contribution in [0.3, 0.4) is 0 Å². The van der Waals surface area contributed by atoms with E-state index in [1.165, 1.54) is 126 Å². The SMILES string of the molecule is c1ccc(-c2cc(-c3cccc(-n4c5ccccc5c5c6ccccc6ccc54)c3)cc(-c3ccccc3)n2)cc1.c1ccc(-c2ccc3c(c2)c2ccccc2n3-c2cccc(-c3cc(-c4ccccc4)nc(-c4cccc5ccccc45)c3)c2)cc1.c1ccc(C2(c3ccccc3)c3cccnc3-c3ncc(-c4ccc(-n5c6ccccc6c6ccccc65)c5ccccc45)cc32)cc1. The molecule has 7 heterocycles. The fourth-order valence-electron chi connectivity index (χ4n) is 21.2. The summed E-state index contributed by atoms with van der Waals surface area (Å²) in [5.41, 5.74) is 34.3. The average Bonchev–Trinajstić information content (AvgIpc) is 1.53. The molecule has 27 rings (SSSR count). The first-order valence-corrected chi connectivity index (χ1v) is 46.5. The van der Waals surface area contributed by atoms with Crippen molar-refractivity contribution in [2.24, 2.45) is 0 Å². The van der Waals surface area contributed by atoms with Gasteiger partial charge in [0.25, 0.3) is 0 Å². The molecule has 0 atom stereocenters. The van der Waals surface area contributed by atoms with Crippen molar-refractivity contribution in [3.63, 3.8) is 0 Å². The Morgan fingerprint density at radius 2 is 0.596 bits per heavy atom. The van der Waals surface area contributed by atoms with Crippen LogP contribution in [0.4, 0.5) is 0 Å². The Morgan fingerprint density at radius 1 is 0.191 bits per heavy atom. The van der Waals surface area contributed by atoms with E-state index in [9.17, 15) is 0 Å². The second-order valence-corrected chi connectivity index (χ2v) is 35.0. The number of fused-ring (bicyclic) bond motifs is 16. The van der Waals surface area contributed by atoms with Gasteiger partial charge in [-0.1, -0.05) is 394 Å². The summed E-state index contributed by atoms with van der Waals surface area (Å²) in [5.74, 6) is 0. The molecule has 636 valence electrons. The lowest BCUT2D eigenvalue weighted by atomic mass is 9.68. The zero-order valence-corrected chi connectivity index (χ0v) is 74.2. The van der Waals surface area contributed by atoms with E-state index in [-0.39, 0.29) is 0 Å². The summed E-state index contributed by atoms with van der Waals surface area (Å²) in [4.78, 5) is 20.4. The predicted octanol–water partition coefficient (Wildman–Crippen LogP) is 33.1. The van der Waals surface area contributed by atoms with Crippen LogP contribution in [0.25, 0.3) is 216 Å². The number of nitrogens with zero attached hydrogens (tertiary/aromatic N) is 7. The van der Waals surface area contributed by atoms with Crippen LogP contribution in [0.1, 0.15) is 22.3 Å². The number of rotatable bonds is 13. The maximum Gasteiger partial charge on any atom is 0.0937 e. The minimum absolute atomic E-state index is 0.552. The lowest BCUT2D eigenvalue weighted by molar-refractivity contribution is 0.765. The third-order valence-electron chi connectivity index (χ3n) is 27.3. The molecular formula is C129H85N7. The Morgan fingerprint density at radius 3 is 1.18 bits per heavy atom. The lowest BCUT2D eigenvalue weighted by Crippen LogP contribution is -2.28. The van der Waals surface area contributed by atoms with Gasteiger partial charge in [-0.25, -0.2) is 9.97 Å². The van der Waals surface area contributed by atoms with Gasteiger partial charge in [0.2, 0.25) is 0 Å². The number of hydrogen-bond donors (Lipinski definition) is 0. The molecule has 7 aromatic heterocycles. The van der Waals surface area contributed by atoms with E-state index < -0.39 is 5.41 Å². The molecule has 0 fully saturated rings. The second-order valence-electron chi connectivity index (χ2n) is 35.0. The van der Waals surface area contributed by atoms with Crippen LogP contribution in [0.15, 0.2) is 516 Å². The predicted molar refractivity (Wildman–Crippen MR) is 567 cm³/mol. The molecule has 0 unspecified atom stereocenters. The molecule has 1 aliphatic carbocycles. The van der Waals surface area contributed by atoms with Crippen LogP contribution in [-0.2, 0) is 5.41 Å². The number of aromatic nitrogens is 7. The Labute approximate surface area is 787 Å². The Hall–Kier alpha value is -18.0. The molecule has 7 heteroatoms. The highest BCUT2D eigenvalue weighted by molar-refractivity contribution is 6.22. The first-order chi connectivity index (χ1) is 67.5. The summed E-state index contributed by atoms with van der Waals surface area (Å²) >= 11 is 0. The molecule has 0 radical (unpaired) electrons. The van der Waals surface area contributed by atoms with Gasteiger partial charge < -0.3 is 13.7 Å². The minimum atomic E-state index is -0.552. The summed E-state index contributed by atoms with van der Waals surface area (Å²) in [5, 5.41) is 14.9. The van der Waals surface area contributed by atoms with Crippen LogP contribution in [-0.4, -0.2) is 33.6 Å². The number of para-hydroxylation sites is 4.